The number of esters is 1. The number of rotatable bonds is 10. The monoisotopic (exact) mass is 422 g/mol. The van der Waals surface area contributed by atoms with Crippen LogP contribution in [0.2, 0.25) is 0 Å². The zero-order chi connectivity index (χ0) is 21.1. The van der Waals surface area contributed by atoms with Gasteiger partial charge in [-0.15, -0.1) is 11.8 Å². The van der Waals surface area contributed by atoms with Crippen molar-refractivity contribution in [3.63, 3.8) is 0 Å². The number of hydrogen-bond donors (Lipinski definition) is 0. The number of hydrogen-bond acceptors (Lipinski definition) is 6. The van der Waals surface area contributed by atoms with Gasteiger partial charge in [-0.25, -0.2) is 4.98 Å². The van der Waals surface area contributed by atoms with Gasteiger partial charge in [-0.1, -0.05) is 47.0 Å². The van der Waals surface area contributed by atoms with Crippen molar-refractivity contribution in [1.29, 1.82) is 0 Å². The maximum atomic E-state index is 12.1. The van der Waals surface area contributed by atoms with Crippen LogP contribution in [-0.2, 0) is 9.53 Å². The Morgan fingerprint density at radius 1 is 1.41 bits per heavy atom. The van der Waals surface area contributed by atoms with Gasteiger partial charge in [-0.2, -0.15) is 0 Å². The fourth-order valence-corrected chi connectivity index (χ4v) is 4.69. The number of carbonyl (C=O) groups excluding carboxylic acids is 1. The SMILES string of the molecule is CC.CCCCC(CC)COC(=O)CCSc1ccnc2c1OCC1CCCN21. The second kappa shape index (κ2) is 13.0. The topological polar surface area (TPSA) is 51.7 Å². The molecule has 5 nitrogen and oxygen atoms in total. The van der Waals surface area contributed by atoms with Gasteiger partial charge >= 0.3 is 5.97 Å². The summed E-state index contributed by atoms with van der Waals surface area (Å²) in [6, 6.07) is 2.46. The largest absolute Gasteiger partial charge is 0.486 e. The number of pyridine rings is 1. The minimum Gasteiger partial charge on any atom is -0.486 e. The van der Waals surface area contributed by atoms with E-state index in [9.17, 15) is 4.79 Å². The molecule has 1 aromatic heterocycles. The summed E-state index contributed by atoms with van der Waals surface area (Å²) in [5, 5.41) is 0. The van der Waals surface area contributed by atoms with E-state index in [1.54, 1.807) is 11.8 Å². The lowest BCUT2D eigenvalue weighted by molar-refractivity contribution is -0.144. The average Bonchev–Trinajstić information content (AvgIpc) is 3.25. The number of anilines is 1. The van der Waals surface area contributed by atoms with Crippen molar-refractivity contribution in [1.82, 2.24) is 4.98 Å². The van der Waals surface area contributed by atoms with Crippen molar-refractivity contribution in [2.75, 3.05) is 30.4 Å². The highest BCUT2D eigenvalue weighted by atomic mass is 32.2. The van der Waals surface area contributed by atoms with Crippen LogP contribution in [0.4, 0.5) is 5.82 Å². The molecular weight excluding hydrogens is 384 g/mol. The van der Waals surface area contributed by atoms with Crippen molar-refractivity contribution < 1.29 is 14.3 Å². The molecule has 0 aliphatic carbocycles. The molecule has 0 bridgehead atoms. The normalized spacial score (nSPS) is 18.1. The number of thioether (sulfide) groups is 1. The third-order valence-corrected chi connectivity index (χ3v) is 6.55. The van der Waals surface area contributed by atoms with Crippen molar-refractivity contribution >= 4 is 23.5 Å². The Morgan fingerprint density at radius 3 is 3.00 bits per heavy atom. The van der Waals surface area contributed by atoms with E-state index in [1.807, 2.05) is 26.1 Å². The molecule has 2 aliphatic heterocycles. The van der Waals surface area contributed by atoms with Crippen LogP contribution in [0.15, 0.2) is 17.2 Å². The Morgan fingerprint density at radius 2 is 2.24 bits per heavy atom. The van der Waals surface area contributed by atoms with Crippen molar-refractivity contribution in [2.45, 2.75) is 83.6 Å². The van der Waals surface area contributed by atoms with E-state index in [-0.39, 0.29) is 5.97 Å². The molecule has 0 aromatic carbocycles. The molecule has 6 heteroatoms. The molecule has 2 aliphatic rings. The van der Waals surface area contributed by atoms with Crippen molar-refractivity contribution in [3.8, 4) is 5.75 Å². The highest BCUT2D eigenvalue weighted by Crippen LogP contribution is 2.42. The Balaban J connectivity index is 0.00000145. The summed E-state index contributed by atoms with van der Waals surface area (Å²) in [6.07, 6.45) is 9.28. The van der Waals surface area contributed by atoms with Crippen molar-refractivity contribution in [2.24, 2.45) is 5.92 Å². The van der Waals surface area contributed by atoms with Gasteiger partial charge in [-0.3, -0.25) is 4.79 Å². The highest BCUT2D eigenvalue weighted by Gasteiger charge is 2.33. The van der Waals surface area contributed by atoms with Gasteiger partial charge in [0, 0.05) is 18.5 Å². The fraction of sp³-hybridized carbons (Fsp3) is 0.739. The molecule has 0 spiro atoms. The van der Waals surface area contributed by atoms with Gasteiger partial charge in [0.05, 0.1) is 24.0 Å². The van der Waals surface area contributed by atoms with Gasteiger partial charge < -0.3 is 14.4 Å². The van der Waals surface area contributed by atoms with Crippen LogP contribution in [0.1, 0.15) is 72.6 Å². The maximum absolute atomic E-state index is 12.1. The second-order valence-corrected chi connectivity index (χ2v) is 8.60. The van der Waals surface area contributed by atoms with Crippen molar-refractivity contribution in [3.05, 3.63) is 12.3 Å². The quantitative estimate of drug-likeness (QED) is 0.355. The summed E-state index contributed by atoms with van der Waals surface area (Å²) in [5.41, 5.74) is 0. The van der Waals surface area contributed by atoms with E-state index < -0.39 is 0 Å². The summed E-state index contributed by atoms with van der Waals surface area (Å²) in [6.45, 7) is 10.7. The van der Waals surface area contributed by atoms with Gasteiger partial charge in [0.15, 0.2) is 11.6 Å². The van der Waals surface area contributed by atoms with Crippen LogP contribution < -0.4 is 9.64 Å². The molecule has 1 saturated heterocycles. The molecule has 2 atom stereocenters. The standard InChI is InChI=1S/C21H32N2O3S.C2H6/c1-3-5-7-16(4-2)14-25-19(24)10-13-27-18-9-11-22-21-20(18)26-15-17-8-6-12-23(17)21;1-2/h9,11,16-17H,3-8,10,12-15H2,1-2H3;1-2H3. The summed E-state index contributed by atoms with van der Waals surface area (Å²) in [5.74, 6) is 2.96. The summed E-state index contributed by atoms with van der Waals surface area (Å²) >= 11 is 1.66. The van der Waals surface area contributed by atoms with Crippen LogP contribution in [0, 0.1) is 5.92 Å². The predicted octanol–water partition coefficient (Wildman–Crippen LogP) is 5.71. The molecule has 1 aromatic rings. The first-order valence-electron chi connectivity index (χ1n) is 11.4. The Bertz CT molecular complexity index is 626. The van der Waals surface area contributed by atoms with E-state index in [0.717, 1.165) is 42.5 Å². The minimum atomic E-state index is -0.0964. The molecular formula is C23H38N2O3S. The third kappa shape index (κ3) is 6.80. The number of fused-ring (bicyclic) bond motifs is 3. The van der Waals surface area contributed by atoms with Crippen LogP contribution in [0.5, 0.6) is 5.75 Å². The van der Waals surface area contributed by atoms with Crippen LogP contribution in [0.25, 0.3) is 0 Å². The summed E-state index contributed by atoms with van der Waals surface area (Å²) < 4.78 is 11.5. The van der Waals surface area contributed by atoms with E-state index >= 15 is 0 Å². The van der Waals surface area contributed by atoms with E-state index in [0.29, 0.717) is 30.7 Å². The number of ether oxygens (including phenoxy) is 2. The van der Waals surface area contributed by atoms with Crippen LogP contribution in [-0.4, -0.2) is 42.5 Å². The zero-order valence-corrected chi connectivity index (χ0v) is 19.4. The molecule has 0 amide bonds. The number of unbranched alkanes of at least 4 members (excludes halogenated alkanes) is 1. The van der Waals surface area contributed by atoms with E-state index in [4.69, 9.17) is 9.47 Å². The summed E-state index contributed by atoms with van der Waals surface area (Å²) in [7, 11) is 0. The molecule has 29 heavy (non-hydrogen) atoms. The van der Waals surface area contributed by atoms with Gasteiger partial charge in [0.25, 0.3) is 0 Å². The molecule has 0 saturated carbocycles. The van der Waals surface area contributed by atoms with E-state index in [2.05, 4.69) is 23.7 Å². The lowest BCUT2D eigenvalue weighted by Gasteiger charge is -2.33. The summed E-state index contributed by atoms with van der Waals surface area (Å²) in [4.78, 5) is 20.1. The first-order chi connectivity index (χ1) is 14.2. The smallest absolute Gasteiger partial charge is 0.306 e. The van der Waals surface area contributed by atoms with Crippen LogP contribution in [0.3, 0.4) is 0 Å². The Labute approximate surface area is 180 Å². The average molecular weight is 423 g/mol. The first kappa shape index (κ1) is 23.8. The van der Waals surface area contributed by atoms with Gasteiger partial charge in [0.2, 0.25) is 0 Å². The molecule has 2 unspecified atom stereocenters. The minimum absolute atomic E-state index is 0.0964. The number of nitrogens with zero attached hydrogens (tertiary/aromatic N) is 2. The molecule has 3 heterocycles. The Hall–Kier alpha value is -1.43. The van der Waals surface area contributed by atoms with E-state index in [1.165, 1.54) is 25.7 Å². The Kier molecular flexibility index (Phi) is 10.7. The van der Waals surface area contributed by atoms with Gasteiger partial charge in [-0.05, 0) is 31.2 Å². The second-order valence-electron chi connectivity index (χ2n) is 7.46. The molecule has 3 rings (SSSR count). The van der Waals surface area contributed by atoms with Crippen LogP contribution >= 0.6 is 11.8 Å². The molecule has 1 fully saturated rings. The third-order valence-electron chi connectivity index (χ3n) is 5.51. The van der Waals surface area contributed by atoms with Gasteiger partial charge in [0.1, 0.15) is 6.61 Å². The first-order valence-corrected chi connectivity index (χ1v) is 12.4. The highest BCUT2D eigenvalue weighted by molar-refractivity contribution is 7.99. The number of aromatic nitrogens is 1. The lowest BCUT2D eigenvalue weighted by Crippen LogP contribution is -2.38. The molecule has 0 N–H and O–H groups in total. The molecule has 164 valence electrons. The molecule has 0 radical (unpaired) electrons. The fourth-order valence-electron chi connectivity index (χ4n) is 3.77. The zero-order valence-electron chi connectivity index (χ0n) is 18.6. The predicted molar refractivity (Wildman–Crippen MR) is 121 cm³/mol. The number of carbonyl (C=O) groups is 1. The lowest BCUT2D eigenvalue weighted by atomic mass is 10.0. The maximum Gasteiger partial charge on any atom is 0.306 e.